The van der Waals surface area contributed by atoms with E-state index in [4.69, 9.17) is 15.2 Å². The zero-order valence-electron chi connectivity index (χ0n) is 12.3. The highest BCUT2D eigenvalue weighted by Gasteiger charge is 2.40. The van der Waals surface area contributed by atoms with Crippen molar-refractivity contribution in [2.45, 2.75) is 37.2 Å². The Morgan fingerprint density at radius 2 is 2.19 bits per heavy atom. The Morgan fingerprint density at radius 1 is 1.48 bits per heavy atom. The first-order valence-electron chi connectivity index (χ1n) is 7.28. The quantitative estimate of drug-likeness (QED) is 0.817. The van der Waals surface area contributed by atoms with Crippen molar-refractivity contribution in [2.24, 2.45) is 5.73 Å². The van der Waals surface area contributed by atoms with Crippen molar-refractivity contribution in [2.75, 3.05) is 20.3 Å². The van der Waals surface area contributed by atoms with Crippen molar-refractivity contribution >= 4 is 5.97 Å². The summed E-state index contributed by atoms with van der Waals surface area (Å²) in [5.74, 6) is -0.719. The summed E-state index contributed by atoms with van der Waals surface area (Å²) in [6.07, 6.45) is 3.50. The molecular weight excluding hydrogens is 273 g/mol. The van der Waals surface area contributed by atoms with E-state index in [-0.39, 0.29) is 24.4 Å². The zero-order chi connectivity index (χ0) is 15.3. The molecule has 0 aliphatic carbocycles. The molecule has 1 fully saturated rings. The molecule has 5 heteroatoms. The lowest BCUT2D eigenvalue weighted by Gasteiger charge is -2.31. The standard InChI is InChI=1S/C16H22FNO3/c1-20-15(19)16(11-18,9-8-14-3-2-10-21-14)12-4-6-13(17)7-5-12/h4-7,14H,2-3,8-11,18H2,1H3. The van der Waals surface area contributed by atoms with Gasteiger partial charge in [0, 0.05) is 13.2 Å². The first kappa shape index (κ1) is 15.9. The molecule has 21 heavy (non-hydrogen) atoms. The summed E-state index contributed by atoms with van der Waals surface area (Å²) in [5, 5.41) is 0. The van der Waals surface area contributed by atoms with Crippen molar-refractivity contribution in [3.05, 3.63) is 35.6 Å². The Hall–Kier alpha value is -1.46. The van der Waals surface area contributed by atoms with Crippen LogP contribution in [0.3, 0.4) is 0 Å². The van der Waals surface area contributed by atoms with Crippen LogP contribution in [-0.2, 0) is 19.7 Å². The van der Waals surface area contributed by atoms with Crippen LogP contribution in [0.4, 0.5) is 4.39 Å². The third-order valence-corrected chi connectivity index (χ3v) is 4.24. The summed E-state index contributed by atoms with van der Waals surface area (Å²) in [6, 6.07) is 5.90. The lowest BCUT2D eigenvalue weighted by molar-refractivity contribution is -0.147. The monoisotopic (exact) mass is 295 g/mol. The van der Waals surface area contributed by atoms with Gasteiger partial charge in [-0.3, -0.25) is 4.79 Å². The summed E-state index contributed by atoms with van der Waals surface area (Å²) in [6.45, 7) is 0.896. The van der Waals surface area contributed by atoms with Crippen LogP contribution in [0.15, 0.2) is 24.3 Å². The normalized spacial score (nSPS) is 21.0. The van der Waals surface area contributed by atoms with Crippen LogP contribution >= 0.6 is 0 Å². The van der Waals surface area contributed by atoms with Gasteiger partial charge >= 0.3 is 5.97 Å². The van der Waals surface area contributed by atoms with E-state index in [1.807, 2.05) is 0 Å². The third kappa shape index (κ3) is 3.41. The van der Waals surface area contributed by atoms with Crippen LogP contribution in [0.1, 0.15) is 31.2 Å². The molecule has 0 saturated carbocycles. The number of carbonyl (C=O) groups is 1. The van der Waals surface area contributed by atoms with Gasteiger partial charge < -0.3 is 15.2 Å². The highest BCUT2D eigenvalue weighted by molar-refractivity contribution is 5.83. The molecule has 0 radical (unpaired) electrons. The highest BCUT2D eigenvalue weighted by Crippen LogP contribution is 2.32. The molecule has 1 aliphatic rings. The Labute approximate surface area is 124 Å². The fourth-order valence-corrected chi connectivity index (χ4v) is 2.91. The molecule has 2 N–H and O–H groups in total. The SMILES string of the molecule is COC(=O)C(CN)(CCC1CCCO1)c1ccc(F)cc1. The maximum absolute atomic E-state index is 13.1. The largest absolute Gasteiger partial charge is 0.468 e. The number of rotatable bonds is 6. The first-order valence-corrected chi connectivity index (χ1v) is 7.28. The van der Waals surface area contributed by atoms with Crippen molar-refractivity contribution in [3.63, 3.8) is 0 Å². The number of hydrogen-bond donors (Lipinski definition) is 1. The predicted molar refractivity (Wildman–Crippen MR) is 77.4 cm³/mol. The number of nitrogens with two attached hydrogens (primary N) is 1. The molecule has 0 bridgehead atoms. The van der Waals surface area contributed by atoms with E-state index in [0.717, 1.165) is 25.9 Å². The molecule has 0 aromatic heterocycles. The van der Waals surface area contributed by atoms with E-state index >= 15 is 0 Å². The van der Waals surface area contributed by atoms with E-state index in [1.165, 1.54) is 19.2 Å². The third-order valence-electron chi connectivity index (χ3n) is 4.24. The van der Waals surface area contributed by atoms with Crippen molar-refractivity contribution < 1.29 is 18.7 Å². The van der Waals surface area contributed by atoms with E-state index in [1.54, 1.807) is 12.1 Å². The zero-order valence-corrected chi connectivity index (χ0v) is 12.3. The molecule has 1 aliphatic heterocycles. The second-order valence-corrected chi connectivity index (χ2v) is 5.46. The van der Waals surface area contributed by atoms with Gasteiger partial charge in [-0.05, 0) is 43.4 Å². The number of esters is 1. The van der Waals surface area contributed by atoms with Gasteiger partial charge in [-0.2, -0.15) is 0 Å². The number of hydrogen-bond acceptors (Lipinski definition) is 4. The highest BCUT2D eigenvalue weighted by atomic mass is 19.1. The van der Waals surface area contributed by atoms with E-state index < -0.39 is 5.41 Å². The Kier molecular flexibility index (Phi) is 5.31. The lowest BCUT2D eigenvalue weighted by Crippen LogP contribution is -2.44. The van der Waals surface area contributed by atoms with E-state index in [9.17, 15) is 9.18 Å². The second kappa shape index (κ2) is 7.00. The number of methoxy groups -OCH3 is 1. The number of ether oxygens (including phenoxy) is 2. The molecule has 1 heterocycles. The molecule has 4 nitrogen and oxygen atoms in total. The van der Waals surface area contributed by atoms with Gasteiger partial charge in [0.1, 0.15) is 11.2 Å². The van der Waals surface area contributed by atoms with Crippen LogP contribution < -0.4 is 5.73 Å². The smallest absolute Gasteiger partial charge is 0.317 e. The van der Waals surface area contributed by atoms with Gasteiger partial charge in [-0.15, -0.1) is 0 Å². The maximum Gasteiger partial charge on any atom is 0.317 e. The minimum atomic E-state index is -0.936. The number of carbonyl (C=O) groups excluding carboxylic acids is 1. The van der Waals surface area contributed by atoms with E-state index in [2.05, 4.69) is 0 Å². The lowest BCUT2D eigenvalue weighted by atomic mass is 9.76. The summed E-state index contributed by atoms with van der Waals surface area (Å²) >= 11 is 0. The van der Waals surface area contributed by atoms with Crippen LogP contribution in [-0.4, -0.2) is 32.3 Å². The molecule has 1 saturated heterocycles. The average molecular weight is 295 g/mol. The summed E-state index contributed by atoms with van der Waals surface area (Å²) < 4.78 is 23.7. The second-order valence-electron chi connectivity index (χ2n) is 5.46. The summed E-state index contributed by atoms with van der Waals surface area (Å²) in [5.41, 5.74) is 5.66. The molecule has 1 aromatic carbocycles. The van der Waals surface area contributed by atoms with Crippen LogP contribution in [0.2, 0.25) is 0 Å². The van der Waals surface area contributed by atoms with E-state index in [0.29, 0.717) is 12.0 Å². The Morgan fingerprint density at radius 3 is 2.71 bits per heavy atom. The Bertz CT molecular complexity index is 471. The molecule has 116 valence electrons. The summed E-state index contributed by atoms with van der Waals surface area (Å²) in [7, 11) is 1.35. The molecule has 0 amide bonds. The van der Waals surface area contributed by atoms with Crippen molar-refractivity contribution in [1.82, 2.24) is 0 Å². The van der Waals surface area contributed by atoms with Gasteiger partial charge in [0.15, 0.2) is 0 Å². The minimum absolute atomic E-state index is 0.123. The first-order chi connectivity index (χ1) is 10.1. The minimum Gasteiger partial charge on any atom is -0.468 e. The Balaban J connectivity index is 2.23. The van der Waals surface area contributed by atoms with Gasteiger partial charge in [-0.1, -0.05) is 12.1 Å². The van der Waals surface area contributed by atoms with Crippen molar-refractivity contribution in [1.29, 1.82) is 0 Å². The molecule has 2 atom stereocenters. The molecule has 0 spiro atoms. The number of benzene rings is 1. The molecule has 1 aromatic rings. The van der Waals surface area contributed by atoms with Crippen LogP contribution in [0.5, 0.6) is 0 Å². The van der Waals surface area contributed by atoms with Crippen molar-refractivity contribution in [3.8, 4) is 0 Å². The topological polar surface area (TPSA) is 61.5 Å². The maximum atomic E-state index is 13.1. The molecule has 2 rings (SSSR count). The van der Waals surface area contributed by atoms with Crippen LogP contribution in [0.25, 0.3) is 0 Å². The average Bonchev–Trinajstić information content (AvgIpc) is 3.02. The van der Waals surface area contributed by atoms with Gasteiger partial charge in [0.2, 0.25) is 0 Å². The van der Waals surface area contributed by atoms with Crippen LogP contribution in [0, 0.1) is 5.82 Å². The fraction of sp³-hybridized carbons (Fsp3) is 0.562. The molecular formula is C16H22FNO3. The number of halogens is 1. The van der Waals surface area contributed by atoms with Gasteiger partial charge in [0.05, 0.1) is 13.2 Å². The van der Waals surface area contributed by atoms with Gasteiger partial charge in [-0.25, -0.2) is 4.39 Å². The summed E-state index contributed by atoms with van der Waals surface area (Å²) in [4.78, 5) is 12.3. The fourth-order valence-electron chi connectivity index (χ4n) is 2.91. The predicted octanol–water partition coefficient (Wildman–Crippen LogP) is 2.15. The molecule has 2 unspecified atom stereocenters. The van der Waals surface area contributed by atoms with Gasteiger partial charge in [0.25, 0.3) is 0 Å².